The molecule has 0 aliphatic heterocycles. The van der Waals surface area contributed by atoms with Crippen LogP contribution in [-0.2, 0) is 0 Å². The molecule has 0 radical (unpaired) electrons. The number of hydrogen-bond acceptors (Lipinski definition) is 0. The van der Waals surface area contributed by atoms with Crippen molar-refractivity contribution in [3.63, 3.8) is 0 Å². The molecule has 0 aliphatic carbocycles. The number of rotatable bonds is 6. The Bertz CT molecular complexity index is 78.9. The van der Waals surface area contributed by atoms with E-state index in [0.717, 1.165) is 11.8 Å². The van der Waals surface area contributed by atoms with Crippen LogP contribution in [0.1, 0.15) is 40.5 Å². The maximum Gasteiger partial charge on any atom is -0.0328 e. The van der Waals surface area contributed by atoms with Gasteiger partial charge in [-0.1, -0.05) is 34.1 Å². The van der Waals surface area contributed by atoms with Gasteiger partial charge in [0.2, 0.25) is 0 Å². The van der Waals surface area contributed by atoms with Crippen molar-refractivity contribution in [1.82, 2.24) is 0 Å². The fourth-order valence-corrected chi connectivity index (χ4v) is 2.65. The molecule has 0 spiro atoms. The third-order valence-corrected chi connectivity index (χ3v) is 3.72. The highest BCUT2D eigenvalue weighted by Crippen LogP contribution is 2.19. The third-order valence-electron chi connectivity index (χ3n) is 2.09. The van der Waals surface area contributed by atoms with Crippen LogP contribution in [0.15, 0.2) is 0 Å². The van der Waals surface area contributed by atoms with E-state index in [4.69, 9.17) is 0 Å². The van der Waals surface area contributed by atoms with Crippen LogP contribution in [0.25, 0.3) is 0 Å². The zero-order chi connectivity index (χ0) is 8.69. The molecule has 0 saturated carbocycles. The summed E-state index contributed by atoms with van der Waals surface area (Å²) in [6.45, 7) is 9.28. The summed E-state index contributed by atoms with van der Waals surface area (Å²) in [5, 5.41) is 0. The van der Waals surface area contributed by atoms with E-state index in [-0.39, 0.29) is 0 Å². The monoisotopic (exact) mass is 174 g/mol. The van der Waals surface area contributed by atoms with Crippen LogP contribution < -0.4 is 0 Å². The van der Waals surface area contributed by atoms with Crippen LogP contribution in [0.2, 0.25) is 0 Å². The quantitative estimate of drug-likeness (QED) is 0.425. The van der Waals surface area contributed by atoms with Crippen molar-refractivity contribution >= 4 is 8.58 Å². The molecule has 0 aromatic heterocycles. The fourth-order valence-electron chi connectivity index (χ4n) is 0.884. The van der Waals surface area contributed by atoms with Gasteiger partial charge < -0.3 is 0 Å². The lowest BCUT2D eigenvalue weighted by molar-refractivity contribution is 0.620. The van der Waals surface area contributed by atoms with Crippen molar-refractivity contribution in [2.45, 2.75) is 40.5 Å². The Morgan fingerprint density at radius 3 is 2.27 bits per heavy atom. The zero-order valence-electron chi connectivity index (χ0n) is 8.48. The lowest BCUT2D eigenvalue weighted by atomic mass is 10.2. The van der Waals surface area contributed by atoms with Crippen LogP contribution in [0, 0.1) is 11.8 Å². The second kappa shape index (κ2) is 7.10. The maximum atomic E-state index is 2.36. The van der Waals surface area contributed by atoms with Gasteiger partial charge in [-0.3, -0.25) is 0 Å². The van der Waals surface area contributed by atoms with Crippen LogP contribution >= 0.6 is 8.58 Å². The Morgan fingerprint density at radius 2 is 1.82 bits per heavy atom. The first-order valence-electron chi connectivity index (χ1n) is 4.87. The molecule has 0 amide bonds. The summed E-state index contributed by atoms with van der Waals surface area (Å²) < 4.78 is 0. The van der Waals surface area contributed by atoms with Crippen LogP contribution in [-0.4, -0.2) is 12.3 Å². The van der Waals surface area contributed by atoms with E-state index in [1.807, 2.05) is 0 Å². The molecule has 2 atom stereocenters. The van der Waals surface area contributed by atoms with Gasteiger partial charge in [0.1, 0.15) is 0 Å². The minimum atomic E-state index is 0.902. The molecule has 0 aliphatic rings. The van der Waals surface area contributed by atoms with E-state index < -0.39 is 0 Å². The predicted octanol–water partition coefficient (Wildman–Crippen LogP) is 3.76. The van der Waals surface area contributed by atoms with E-state index in [0.29, 0.717) is 0 Å². The highest BCUT2D eigenvalue weighted by atomic mass is 31.1. The average molecular weight is 174 g/mol. The fraction of sp³-hybridized carbons (Fsp3) is 1.00. The largest absolute Gasteiger partial charge is 0.122 e. The van der Waals surface area contributed by atoms with Crippen LogP contribution in [0.3, 0.4) is 0 Å². The Hall–Kier alpha value is 0.430. The first-order valence-corrected chi connectivity index (χ1v) is 6.29. The molecule has 0 rings (SSSR count). The molecule has 0 saturated heterocycles. The minimum absolute atomic E-state index is 0.902. The SMILES string of the molecule is CCC(C)CPCCC(C)C. The first kappa shape index (κ1) is 11.4. The van der Waals surface area contributed by atoms with Gasteiger partial charge in [0.15, 0.2) is 0 Å². The highest BCUT2D eigenvalue weighted by Gasteiger charge is 1.98. The molecule has 0 fully saturated rings. The molecular formula is C10H23P. The molecule has 0 heterocycles. The second-order valence-corrected chi connectivity index (χ2v) is 5.31. The highest BCUT2D eigenvalue weighted by molar-refractivity contribution is 7.37. The summed E-state index contributed by atoms with van der Waals surface area (Å²) in [5.74, 6) is 1.86. The van der Waals surface area contributed by atoms with Gasteiger partial charge in [0.05, 0.1) is 0 Å². The van der Waals surface area contributed by atoms with E-state index in [1.54, 1.807) is 0 Å². The van der Waals surface area contributed by atoms with E-state index in [1.165, 1.54) is 33.7 Å². The van der Waals surface area contributed by atoms with Crippen LogP contribution in [0.4, 0.5) is 0 Å². The Balaban J connectivity index is 3.01. The van der Waals surface area contributed by atoms with Crippen molar-refractivity contribution < 1.29 is 0 Å². The molecule has 2 unspecified atom stereocenters. The molecule has 0 N–H and O–H groups in total. The van der Waals surface area contributed by atoms with E-state index >= 15 is 0 Å². The minimum Gasteiger partial charge on any atom is -0.122 e. The molecule has 0 aromatic rings. The van der Waals surface area contributed by atoms with Crippen molar-refractivity contribution in [3.8, 4) is 0 Å². The van der Waals surface area contributed by atoms with Gasteiger partial charge in [-0.25, -0.2) is 0 Å². The molecular weight excluding hydrogens is 151 g/mol. The topological polar surface area (TPSA) is 0 Å². The van der Waals surface area contributed by atoms with Gasteiger partial charge in [0.25, 0.3) is 0 Å². The van der Waals surface area contributed by atoms with Crippen molar-refractivity contribution in [1.29, 1.82) is 0 Å². The Labute approximate surface area is 73.9 Å². The van der Waals surface area contributed by atoms with Gasteiger partial charge >= 0.3 is 0 Å². The van der Waals surface area contributed by atoms with Gasteiger partial charge in [-0.15, -0.1) is 8.58 Å². The molecule has 0 nitrogen and oxygen atoms in total. The summed E-state index contributed by atoms with van der Waals surface area (Å²) >= 11 is 0. The van der Waals surface area contributed by atoms with Crippen LogP contribution in [0.5, 0.6) is 0 Å². The molecule has 0 aromatic carbocycles. The summed E-state index contributed by atoms with van der Waals surface area (Å²) in [6, 6.07) is 0. The summed E-state index contributed by atoms with van der Waals surface area (Å²) in [4.78, 5) is 0. The van der Waals surface area contributed by atoms with Crippen molar-refractivity contribution in [2.75, 3.05) is 12.3 Å². The van der Waals surface area contributed by atoms with Gasteiger partial charge in [-0.2, -0.15) is 0 Å². The smallest absolute Gasteiger partial charge is 0.0328 e. The van der Waals surface area contributed by atoms with Crippen molar-refractivity contribution in [3.05, 3.63) is 0 Å². The molecule has 1 heteroatoms. The zero-order valence-corrected chi connectivity index (χ0v) is 9.48. The summed E-state index contributed by atoms with van der Waals surface area (Å²) in [5.41, 5.74) is 0. The predicted molar refractivity (Wildman–Crippen MR) is 57.0 cm³/mol. The normalized spacial score (nSPS) is 15.0. The van der Waals surface area contributed by atoms with E-state index in [2.05, 4.69) is 27.7 Å². The third kappa shape index (κ3) is 8.34. The van der Waals surface area contributed by atoms with E-state index in [9.17, 15) is 0 Å². The molecule has 0 bridgehead atoms. The van der Waals surface area contributed by atoms with Gasteiger partial charge in [0, 0.05) is 0 Å². The number of hydrogen-bond donors (Lipinski definition) is 0. The first-order chi connectivity index (χ1) is 5.16. The Kier molecular flexibility index (Phi) is 7.38. The molecule has 11 heavy (non-hydrogen) atoms. The van der Waals surface area contributed by atoms with Gasteiger partial charge in [-0.05, 0) is 30.6 Å². The lowest BCUT2D eigenvalue weighted by Crippen LogP contribution is -1.96. The lowest BCUT2D eigenvalue weighted by Gasteiger charge is -2.08. The second-order valence-electron chi connectivity index (χ2n) is 3.90. The average Bonchev–Trinajstić information content (AvgIpc) is 1.97. The summed E-state index contributed by atoms with van der Waals surface area (Å²) in [7, 11) is 1.21. The Morgan fingerprint density at radius 1 is 1.18 bits per heavy atom. The molecule has 68 valence electrons. The summed E-state index contributed by atoms with van der Waals surface area (Å²) in [6.07, 6.45) is 5.70. The van der Waals surface area contributed by atoms with Crippen molar-refractivity contribution in [2.24, 2.45) is 11.8 Å². The maximum absolute atomic E-state index is 2.36. The standard InChI is InChI=1S/C10H23P/c1-5-10(4)8-11-7-6-9(2)3/h9-11H,5-8H2,1-4H3.